The Morgan fingerprint density at radius 2 is 1.88 bits per heavy atom. The van der Waals surface area contributed by atoms with E-state index in [2.05, 4.69) is 19.2 Å². The molecule has 0 spiro atoms. The van der Waals surface area contributed by atoms with Gasteiger partial charge in [0.05, 0.1) is 15.1 Å². The minimum absolute atomic E-state index is 0.189. The first-order valence-corrected chi connectivity index (χ1v) is 6.58. The number of unbranched alkanes of at least 4 members (excludes halogenated alkanes) is 1. The lowest BCUT2D eigenvalue weighted by molar-refractivity contribution is 0.554. The highest BCUT2D eigenvalue weighted by atomic mass is 35.5. The molecule has 16 heavy (non-hydrogen) atoms. The molecule has 0 aliphatic rings. The van der Waals surface area contributed by atoms with E-state index in [1.165, 1.54) is 6.42 Å². The second-order valence-corrected chi connectivity index (χ2v) is 4.96. The maximum Gasteiger partial charge on any atom is 0.0781 e. The zero-order chi connectivity index (χ0) is 12.1. The minimum Gasteiger partial charge on any atom is -0.310 e. The van der Waals surface area contributed by atoms with E-state index >= 15 is 0 Å². The summed E-state index contributed by atoms with van der Waals surface area (Å²) in [7, 11) is 0. The van der Waals surface area contributed by atoms with Crippen LogP contribution in [0.5, 0.6) is 0 Å². The maximum atomic E-state index is 6.15. The van der Waals surface area contributed by atoms with Crippen molar-refractivity contribution in [1.29, 1.82) is 0 Å². The summed E-state index contributed by atoms with van der Waals surface area (Å²) in [5, 5.41) is 4.88. The Morgan fingerprint density at radius 1 is 1.19 bits per heavy atom. The van der Waals surface area contributed by atoms with Crippen molar-refractivity contribution in [2.45, 2.75) is 32.7 Å². The van der Waals surface area contributed by atoms with Crippen molar-refractivity contribution in [3.63, 3.8) is 0 Å². The van der Waals surface area contributed by atoms with Crippen LogP contribution in [0.25, 0.3) is 0 Å². The molecule has 4 heteroatoms. The molecule has 0 aliphatic carbocycles. The lowest BCUT2D eigenvalue weighted by atomic mass is 10.1. The number of benzene rings is 1. The highest BCUT2D eigenvalue weighted by molar-refractivity contribution is 6.48. The van der Waals surface area contributed by atoms with Crippen LogP contribution in [0, 0.1) is 0 Å². The van der Waals surface area contributed by atoms with Crippen LogP contribution in [0.1, 0.15) is 38.3 Å². The second-order valence-electron chi connectivity index (χ2n) is 3.79. The molecule has 0 amide bonds. The van der Waals surface area contributed by atoms with Crippen LogP contribution in [0.15, 0.2) is 12.1 Å². The average molecular weight is 281 g/mol. The van der Waals surface area contributed by atoms with E-state index in [9.17, 15) is 0 Å². The molecular formula is C12H16Cl3N. The summed E-state index contributed by atoms with van der Waals surface area (Å²) in [5.41, 5.74) is 0.993. The zero-order valence-corrected chi connectivity index (χ0v) is 11.8. The molecular weight excluding hydrogens is 264 g/mol. The summed E-state index contributed by atoms with van der Waals surface area (Å²) >= 11 is 18.0. The van der Waals surface area contributed by atoms with Gasteiger partial charge in [-0.05, 0) is 31.5 Å². The molecule has 1 rings (SSSR count). The van der Waals surface area contributed by atoms with Gasteiger partial charge in [-0.15, -0.1) is 0 Å². The van der Waals surface area contributed by atoms with E-state index in [0.29, 0.717) is 15.1 Å². The Balaban J connectivity index is 2.76. The van der Waals surface area contributed by atoms with Gasteiger partial charge in [0.15, 0.2) is 0 Å². The van der Waals surface area contributed by atoms with Crippen LogP contribution in [-0.2, 0) is 0 Å². The fourth-order valence-corrected chi connectivity index (χ4v) is 2.19. The Labute approximate surface area is 112 Å². The molecule has 0 aliphatic heterocycles. The summed E-state index contributed by atoms with van der Waals surface area (Å²) in [4.78, 5) is 0. The third kappa shape index (κ3) is 3.53. The van der Waals surface area contributed by atoms with Crippen molar-refractivity contribution < 1.29 is 0 Å². The Morgan fingerprint density at radius 3 is 2.50 bits per heavy atom. The highest BCUT2D eigenvalue weighted by Gasteiger charge is 2.13. The van der Waals surface area contributed by atoms with Crippen LogP contribution in [-0.4, -0.2) is 6.54 Å². The number of halogens is 3. The lowest BCUT2D eigenvalue weighted by Crippen LogP contribution is -2.20. The van der Waals surface area contributed by atoms with Crippen molar-refractivity contribution in [1.82, 2.24) is 5.32 Å². The fourth-order valence-electron chi connectivity index (χ4n) is 1.48. The van der Waals surface area contributed by atoms with E-state index in [1.807, 2.05) is 6.07 Å². The Hall–Kier alpha value is 0.0500. The molecule has 0 saturated heterocycles. The number of rotatable bonds is 5. The van der Waals surface area contributed by atoms with Crippen LogP contribution in [0.4, 0.5) is 0 Å². The van der Waals surface area contributed by atoms with E-state index in [-0.39, 0.29) is 6.04 Å². The number of hydrogen-bond donors (Lipinski definition) is 1. The predicted octanol–water partition coefficient (Wildman–Crippen LogP) is 5.10. The SMILES string of the molecule is CCCCNC(C)c1ccc(Cl)c(Cl)c1Cl. The Kier molecular flexibility index (Phi) is 5.91. The third-order valence-electron chi connectivity index (χ3n) is 2.51. The van der Waals surface area contributed by atoms with Crippen LogP contribution in [0.2, 0.25) is 15.1 Å². The van der Waals surface area contributed by atoms with E-state index in [0.717, 1.165) is 18.5 Å². The molecule has 0 aromatic heterocycles. The molecule has 1 atom stereocenters. The first-order valence-electron chi connectivity index (χ1n) is 5.44. The van der Waals surface area contributed by atoms with Crippen LogP contribution >= 0.6 is 34.8 Å². The van der Waals surface area contributed by atoms with Crippen molar-refractivity contribution in [3.8, 4) is 0 Å². The molecule has 0 fully saturated rings. The third-order valence-corrected chi connectivity index (χ3v) is 3.82. The summed E-state index contributed by atoms with van der Waals surface area (Å²) in [6.45, 7) is 5.22. The molecule has 1 nitrogen and oxygen atoms in total. The summed E-state index contributed by atoms with van der Waals surface area (Å²) in [5.74, 6) is 0. The largest absolute Gasteiger partial charge is 0.310 e. The van der Waals surface area contributed by atoms with Gasteiger partial charge in [-0.2, -0.15) is 0 Å². The van der Waals surface area contributed by atoms with Crippen molar-refractivity contribution in [2.75, 3.05) is 6.54 Å². The van der Waals surface area contributed by atoms with Gasteiger partial charge in [0.1, 0.15) is 0 Å². The first kappa shape index (κ1) is 14.1. The topological polar surface area (TPSA) is 12.0 Å². The van der Waals surface area contributed by atoms with Gasteiger partial charge in [0.25, 0.3) is 0 Å². The molecule has 1 aromatic rings. The van der Waals surface area contributed by atoms with Crippen molar-refractivity contribution >= 4 is 34.8 Å². The monoisotopic (exact) mass is 279 g/mol. The smallest absolute Gasteiger partial charge is 0.0781 e. The summed E-state index contributed by atoms with van der Waals surface area (Å²) < 4.78 is 0. The van der Waals surface area contributed by atoms with Crippen molar-refractivity contribution in [3.05, 3.63) is 32.8 Å². The highest BCUT2D eigenvalue weighted by Crippen LogP contribution is 2.35. The minimum atomic E-state index is 0.189. The van der Waals surface area contributed by atoms with E-state index < -0.39 is 0 Å². The molecule has 0 bridgehead atoms. The Bertz CT molecular complexity index is 352. The summed E-state index contributed by atoms with van der Waals surface area (Å²) in [6.07, 6.45) is 2.33. The molecule has 1 aromatic carbocycles. The normalized spacial score (nSPS) is 12.8. The quantitative estimate of drug-likeness (QED) is 0.584. The van der Waals surface area contributed by atoms with Gasteiger partial charge < -0.3 is 5.32 Å². The van der Waals surface area contributed by atoms with Gasteiger partial charge >= 0.3 is 0 Å². The molecule has 0 heterocycles. The van der Waals surface area contributed by atoms with Gasteiger partial charge in [0, 0.05) is 6.04 Å². The molecule has 90 valence electrons. The van der Waals surface area contributed by atoms with Crippen LogP contribution in [0.3, 0.4) is 0 Å². The first-order chi connectivity index (χ1) is 7.57. The molecule has 1 unspecified atom stereocenters. The number of nitrogens with one attached hydrogen (secondary N) is 1. The van der Waals surface area contributed by atoms with Crippen LogP contribution < -0.4 is 5.32 Å². The predicted molar refractivity (Wildman–Crippen MR) is 72.8 cm³/mol. The van der Waals surface area contributed by atoms with Crippen molar-refractivity contribution in [2.24, 2.45) is 0 Å². The molecule has 0 radical (unpaired) electrons. The van der Waals surface area contributed by atoms with E-state index in [1.54, 1.807) is 6.07 Å². The van der Waals surface area contributed by atoms with Gasteiger partial charge in [-0.3, -0.25) is 0 Å². The standard InChI is InChI=1S/C12H16Cl3N/c1-3-4-7-16-8(2)9-5-6-10(13)12(15)11(9)14/h5-6,8,16H,3-4,7H2,1-2H3. The van der Waals surface area contributed by atoms with E-state index in [4.69, 9.17) is 34.8 Å². The van der Waals surface area contributed by atoms with Gasteiger partial charge in [0.2, 0.25) is 0 Å². The lowest BCUT2D eigenvalue weighted by Gasteiger charge is -2.16. The van der Waals surface area contributed by atoms with Gasteiger partial charge in [-0.1, -0.05) is 54.2 Å². The molecule has 1 N–H and O–H groups in total. The molecule has 0 saturated carbocycles. The van der Waals surface area contributed by atoms with Gasteiger partial charge in [-0.25, -0.2) is 0 Å². The second kappa shape index (κ2) is 6.70. The maximum absolute atomic E-state index is 6.15. The number of hydrogen-bond acceptors (Lipinski definition) is 1. The average Bonchev–Trinajstić information content (AvgIpc) is 2.26. The fraction of sp³-hybridized carbons (Fsp3) is 0.500. The zero-order valence-electron chi connectivity index (χ0n) is 9.49. The summed E-state index contributed by atoms with van der Waals surface area (Å²) in [6, 6.07) is 3.89.